The fourth-order valence-electron chi connectivity index (χ4n) is 3.27. The molecule has 0 saturated carbocycles. The smallest absolute Gasteiger partial charge is 0.250 e. The van der Waals surface area contributed by atoms with E-state index in [9.17, 15) is 4.79 Å². The van der Waals surface area contributed by atoms with Crippen LogP contribution in [-0.2, 0) is 4.79 Å². The number of hydrazone groups is 1. The summed E-state index contributed by atoms with van der Waals surface area (Å²) < 4.78 is 2.94. The Morgan fingerprint density at radius 3 is 2.35 bits per heavy atom. The Balaban J connectivity index is 1.53. The van der Waals surface area contributed by atoms with Crippen molar-refractivity contribution in [1.29, 1.82) is 0 Å². The maximum Gasteiger partial charge on any atom is 0.250 e. The lowest BCUT2D eigenvalue weighted by molar-refractivity contribution is -0.118. The highest BCUT2D eigenvalue weighted by Crippen LogP contribution is 2.28. The maximum absolute atomic E-state index is 12.5. The SMILES string of the molecule is C/C(=N\NC(=O)CSc1nnc(-c2ccc(C)cc2)n1-c1ccc(C)cc1)c1cccc(Br)c1. The Kier molecular flexibility index (Phi) is 7.59. The van der Waals surface area contributed by atoms with E-state index in [0.717, 1.165) is 32.8 Å². The molecule has 1 amide bonds. The molecule has 34 heavy (non-hydrogen) atoms. The number of aryl methyl sites for hydroxylation is 2. The molecule has 1 heterocycles. The van der Waals surface area contributed by atoms with Gasteiger partial charge in [-0.3, -0.25) is 9.36 Å². The molecule has 0 aliphatic carbocycles. The number of amides is 1. The second-order valence-electron chi connectivity index (χ2n) is 7.87. The summed E-state index contributed by atoms with van der Waals surface area (Å²) >= 11 is 4.78. The molecule has 0 spiro atoms. The number of aromatic nitrogens is 3. The Bertz CT molecular complexity index is 1330. The van der Waals surface area contributed by atoms with Crippen LogP contribution in [0.3, 0.4) is 0 Å². The molecule has 0 unspecified atom stereocenters. The maximum atomic E-state index is 12.5. The van der Waals surface area contributed by atoms with E-state index in [-0.39, 0.29) is 11.7 Å². The Hall–Kier alpha value is -3.23. The largest absolute Gasteiger partial charge is 0.272 e. The van der Waals surface area contributed by atoms with Gasteiger partial charge in [-0.1, -0.05) is 87.3 Å². The molecular formula is C26H24BrN5OS. The predicted octanol–water partition coefficient (Wildman–Crippen LogP) is 5.95. The van der Waals surface area contributed by atoms with Crippen LogP contribution in [0.1, 0.15) is 23.6 Å². The molecule has 8 heteroatoms. The average molecular weight is 534 g/mol. The highest BCUT2D eigenvalue weighted by molar-refractivity contribution is 9.10. The van der Waals surface area contributed by atoms with Crippen molar-refractivity contribution in [2.75, 3.05) is 5.75 Å². The molecular weight excluding hydrogens is 510 g/mol. The number of thioether (sulfide) groups is 1. The second-order valence-corrected chi connectivity index (χ2v) is 9.73. The van der Waals surface area contributed by atoms with E-state index in [4.69, 9.17) is 0 Å². The van der Waals surface area contributed by atoms with E-state index in [0.29, 0.717) is 5.16 Å². The van der Waals surface area contributed by atoms with Crippen LogP contribution in [0.15, 0.2) is 87.5 Å². The van der Waals surface area contributed by atoms with Crippen molar-refractivity contribution in [2.24, 2.45) is 5.10 Å². The summed E-state index contributed by atoms with van der Waals surface area (Å²) in [5.74, 6) is 0.678. The van der Waals surface area contributed by atoms with Crippen LogP contribution in [0, 0.1) is 13.8 Å². The zero-order valence-electron chi connectivity index (χ0n) is 19.1. The Labute approximate surface area is 211 Å². The van der Waals surface area contributed by atoms with Crippen LogP contribution in [0.2, 0.25) is 0 Å². The molecule has 0 radical (unpaired) electrons. The van der Waals surface area contributed by atoms with Crippen LogP contribution >= 0.6 is 27.7 Å². The number of carbonyl (C=O) groups is 1. The third kappa shape index (κ3) is 5.81. The Morgan fingerprint density at radius 2 is 1.68 bits per heavy atom. The van der Waals surface area contributed by atoms with Gasteiger partial charge in [-0.25, -0.2) is 5.43 Å². The van der Waals surface area contributed by atoms with E-state index < -0.39 is 0 Å². The first kappa shape index (κ1) is 23.9. The van der Waals surface area contributed by atoms with Crippen LogP contribution in [0.4, 0.5) is 0 Å². The molecule has 0 atom stereocenters. The third-order valence-corrected chi connectivity index (χ3v) is 6.58. The lowest BCUT2D eigenvalue weighted by atomic mass is 10.1. The van der Waals surface area contributed by atoms with Gasteiger partial charge in [0, 0.05) is 15.7 Å². The van der Waals surface area contributed by atoms with Gasteiger partial charge in [0.2, 0.25) is 0 Å². The van der Waals surface area contributed by atoms with Gasteiger partial charge in [0.25, 0.3) is 5.91 Å². The summed E-state index contributed by atoms with van der Waals surface area (Å²) in [5, 5.41) is 13.7. The minimum atomic E-state index is -0.213. The number of nitrogens with zero attached hydrogens (tertiary/aromatic N) is 4. The summed E-state index contributed by atoms with van der Waals surface area (Å²) in [6.45, 7) is 5.96. The van der Waals surface area contributed by atoms with Crippen molar-refractivity contribution in [3.05, 3.63) is 94.0 Å². The molecule has 172 valence electrons. The fraction of sp³-hybridized carbons (Fsp3) is 0.154. The first-order chi connectivity index (χ1) is 16.4. The number of halogens is 1. The van der Waals surface area contributed by atoms with Gasteiger partial charge in [0.1, 0.15) is 0 Å². The van der Waals surface area contributed by atoms with E-state index in [1.807, 2.05) is 66.9 Å². The van der Waals surface area contributed by atoms with Crippen molar-refractivity contribution < 1.29 is 4.79 Å². The first-order valence-electron chi connectivity index (χ1n) is 10.7. The molecule has 4 aromatic rings. The van der Waals surface area contributed by atoms with Crippen molar-refractivity contribution in [1.82, 2.24) is 20.2 Å². The minimum absolute atomic E-state index is 0.160. The minimum Gasteiger partial charge on any atom is -0.272 e. The highest BCUT2D eigenvalue weighted by atomic mass is 79.9. The van der Waals surface area contributed by atoms with Gasteiger partial charge < -0.3 is 0 Å². The summed E-state index contributed by atoms with van der Waals surface area (Å²) in [4.78, 5) is 12.5. The van der Waals surface area contributed by atoms with Gasteiger partial charge in [0.05, 0.1) is 11.5 Å². The van der Waals surface area contributed by atoms with Crippen LogP contribution in [0.25, 0.3) is 17.1 Å². The molecule has 3 aromatic carbocycles. The van der Waals surface area contributed by atoms with Crippen molar-refractivity contribution in [3.8, 4) is 17.1 Å². The molecule has 1 N–H and O–H groups in total. The predicted molar refractivity (Wildman–Crippen MR) is 141 cm³/mol. The topological polar surface area (TPSA) is 72.2 Å². The zero-order chi connectivity index (χ0) is 24.1. The molecule has 0 bridgehead atoms. The molecule has 6 nitrogen and oxygen atoms in total. The van der Waals surface area contributed by atoms with Crippen LogP contribution in [-0.4, -0.2) is 32.1 Å². The number of carbonyl (C=O) groups excluding carboxylic acids is 1. The first-order valence-corrected chi connectivity index (χ1v) is 12.5. The lowest BCUT2D eigenvalue weighted by Gasteiger charge is -2.11. The molecule has 1 aromatic heterocycles. The van der Waals surface area contributed by atoms with Gasteiger partial charge >= 0.3 is 0 Å². The van der Waals surface area contributed by atoms with Crippen LogP contribution < -0.4 is 5.43 Å². The highest BCUT2D eigenvalue weighted by Gasteiger charge is 2.17. The van der Waals surface area contributed by atoms with Gasteiger partial charge in [-0.15, -0.1) is 10.2 Å². The normalized spacial score (nSPS) is 11.5. The molecule has 0 aliphatic rings. The van der Waals surface area contributed by atoms with E-state index in [1.54, 1.807) is 0 Å². The third-order valence-electron chi connectivity index (χ3n) is 5.16. The standard InChI is InChI=1S/C26H24BrN5OS/c1-17-7-11-20(12-8-17)25-30-31-26(32(25)23-13-9-18(2)10-14-23)34-16-24(33)29-28-19(3)21-5-4-6-22(27)15-21/h4-15H,16H2,1-3H3,(H,29,33)/b28-19+. The summed E-state index contributed by atoms with van der Waals surface area (Å²) in [7, 11) is 0. The summed E-state index contributed by atoms with van der Waals surface area (Å²) in [6, 6.07) is 24.1. The number of benzene rings is 3. The summed E-state index contributed by atoms with van der Waals surface area (Å²) in [6.07, 6.45) is 0. The van der Waals surface area contributed by atoms with Gasteiger partial charge in [0.15, 0.2) is 11.0 Å². The van der Waals surface area contributed by atoms with Crippen molar-refractivity contribution >= 4 is 39.3 Å². The number of nitrogens with one attached hydrogen (secondary N) is 1. The molecule has 0 aliphatic heterocycles. The average Bonchev–Trinajstić information content (AvgIpc) is 3.26. The lowest BCUT2D eigenvalue weighted by Crippen LogP contribution is -2.21. The zero-order valence-corrected chi connectivity index (χ0v) is 21.5. The number of rotatable bonds is 7. The van der Waals surface area contributed by atoms with Gasteiger partial charge in [-0.05, 0) is 50.6 Å². The number of hydrogen-bond donors (Lipinski definition) is 1. The quantitative estimate of drug-likeness (QED) is 0.181. The number of hydrogen-bond acceptors (Lipinski definition) is 5. The van der Waals surface area contributed by atoms with Crippen molar-refractivity contribution in [2.45, 2.75) is 25.9 Å². The Morgan fingerprint density at radius 1 is 1.00 bits per heavy atom. The monoisotopic (exact) mass is 533 g/mol. The summed E-state index contributed by atoms with van der Waals surface area (Å²) in [5.41, 5.74) is 8.55. The second kappa shape index (κ2) is 10.8. The van der Waals surface area contributed by atoms with Crippen LogP contribution in [0.5, 0.6) is 0 Å². The van der Waals surface area contributed by atoms with Crippen molar-refractivity contribution in [3.63, 3.8) is 0 Å². The fourth-order valence-corrected chi connectivity index (χ4v) is 4.41. The van der Waals surface area contributed by atoms with Gasteiger partial charge in [-0.2, -0.15) is 5.10 Å². The molecule has 4 rings (SSSR count). The van der Waals surface area contributed by atoms with E-state index in [1.165, 1.54) is 22.9 Å². The van der Waals surface area contributed by atoms with E-state index >= 15 is 0 Å². The van der Waals surface area contributed by atoms with E-state index in [2.05, 4.69) is 67.8 Å². The molecule has 0 fully saturated rings. The molecule has 0 saturated heterocycles.